The standard InChI is InChI=1S/C15H22N2O4/c1-2-3-8-17(9-10-18)15(21)16-13-6-4-12(5-7-13)11-14(19)20/h4-7,18H,2-3,8-11H2,1H3,(H,16,21)(H,19,20). The predicted octanol–water partition coefficient (Wildman–Crippen LogP) is 1.94. The van der Waals surface area contributed by atoms with Gasteiger partial charge < -0.3 is 20.4 Å². The molecule has 0 bridgehead atoms. The Hall–Kier alpha value is -2.08. The lowest BCUT2D eigenvalue weighted by Gasteiger charge is -2.22. The van der Waals surface area contributed by atoms with Crippen molar-refractivity contribution in [2.45, 2.75) is 26.2 Å². The van der Waals surface area contributed by atoms with Crippen molar-refractivity contribution in [3.8, 4) is 0 Å². The number of nitrogens with one attached hydrogen (secondary N) is 1. The Morgan fingerprint density at radius 2 is 1.86 bits per heavy atom. The second kappa shape index (κ2) is 8.97. The van der Waals surface area contributed by atoms with Gasteiger partial charge >= 0.3 is 12.0 Å². The lowest BCUT2D eigenvalue weighted by Crippen LogP contribution is -2.37. The van der Waals surface area contributed by atoms with Crippen molar-refractivity contribution in [1.29, 1.82) is 0 Å². The number of hydrogen-bond acceptors (Lipinski definition) is 3. The Labute approximate surface area is 124 Å². The number of carboxylic acids is 1. The summed E-state index contributed by atoms with van der Waals surface area (Å²) in [4.78, 5) is 24.2. The average molecular weight is 294 g/mol. The van der Waals surface area contributed by atoms with Crippen molar-refractivity contribution < 1.29 is 19.8 Å². The number of aliphatic hydroxyl groups excluding tert-OH is 1. The fraction of sp³-hybridized carbons (Fsp3) is 0.467. The molecular weight excluding hydrogens is 272 g/mol. The molecule has 21 heavy (non-hydrogen) atoms. The smallest absolute Gasteiger partial charge is 0.321 e. The summed E-state index contributed by atoms with van der Waals surface area (Å²) in [5.74, 6) is -0.888. The van der Waals surface area contributed by atoms with Crippen LogP contribution in [0.1, 0.15) is 25.3 Å². The summed E-state index contributed by atoms with van der Waals surface area (Å²) in [5.41, 5.74) is 1.28. The van der Waals surface area contributed by atoms with E-state index in [0.717, 1.165) is 12.8 Å². The second-order valence-electron chi connectivity index (χ2n) is 4.76. The fourth-order valence-electron chi connectivity index (χ4n) is 1.87. The molecule has 6 heteroatoms. The van der Waals surface area contributed by atoms with Crippen LogP contribution < -0.4 is 5.32 Å². The van der Waals surface area contributed by atoms with Gasteiger partial charge in [0, 0.05) is 18.8 Å². The number of unbranched alkanes of at least 4 members (excludes halogenated alkanes) is 1. The minimum Gasteiger partial charge on any atom is -0.481 e. The third kappa shape index (κ3) is 6.27. The second-order valence-corrected chi connectivity index (χ2v) is 4.76. The topological polar surface area (TPSA) is 89.9 Å². The van der Waals surface area contributed by atoms with Crippen LogP contribution in [-0.4, -0.2) is 46.8 Å². The van der Waals surface area contributed by atoms with Gasteiger partial charge in [0.15, 0.2) is 0 Å². The summed E-state index contributed by atoms with van der Waals surface area (Å²) in [5, 5.41) is 20.4. The van der Waals surface area contributed by atoms with E-state index in [1.807, 2.05) is 6.92 Å². The van der Waals surface area contributed by atoms with Crippen LogP contribution >= 0.6 is 0 Å². The Kier molecular flexibility index (Phi) is 7.25. The lowest BCUT2D eigenvalue weighted by atomic mass is 10.1. The molecule has 1 rings (SSSR count). The molecule has 0 atom stereocenters. The first-order chi connectivity index (χ1) is 10.1. The van der Waals surface area contributed by atoms with Gasteiger partial charge in [-0.3, -0.25) is 4.79 Å². The highest BCUT2D eigenvalue weighted by atomic mass is 16.4. The monoisotopic (exact) mass is 294 g/mol. The molecule has 0 spiro atoms. The molecule has 0 saturated heterocycles. The SMILES string of the molecule is CCCCN(CCO)C(=O)Nc1ccc(CC(=O)O)cc1. The molecule has 0 saturated carbocycles. The minimum absolute atomic E-state index is 0.0403. The third-order valence-electron chi connectivity index (χ3n) is 3.00. The molecule has 0 aromatic heterocycles. The van der Waals surface area contributed by atoms with Gasteiger partial charge in [-0.15, -0.1) is 0 Å². The Morgan fingerprint density at radius 1 is 1.19 bits per heavy atom. The van der Waals surface area contributed by atoms with Crippen molar-refractivity contribution in [3.63, 3.8) is 0 Å². The number of carbonyl (C=O) groups excluding carboxylic acids is 1. The first-order valence-electron chi connectivity index (χ1n) is 7.04. The molecule has 0 radical (unpaired) electrons. The number of anilines is 1. The van der Waals surface area contributed by atoms with Crippen molar-refractivity contribution in [2.75, 3.05) is 25.0 Å². The molecule has 0 aliphatic heterocycles. The van der Waals surface area contributed by atoms with Gasteiger partial charge in [0.25, 0.3) is 0 Å². The van der Waals surface area contributed by atoms with E-state index in [0.29, 0.717) is 24.3 Å². The van der Waals surface area contributed by atoms with Crippen molar-refractivity contribution >= 4 is 17.7 Å². The molecule has 1 aromatic carbocycles. The maximum atomic E-state index is 12.1. The number of amides is 2. The van der Waals surface area contributed by atoms with Gasteiger partial charge in [0.1, 0.15) is 0 Å². The van der Waals surface area contributed by atoms with E-state index >= 15 is 0 Å². The number of rotatable bonds is 8. The molecule has 6 nitrogen and oxygen atoms in total. The van der Waals surface area contributed by atoms with Crippen LogP contribution in [-0.2, 0) is 11.2 Å². The van der Waals surface area contributed by atoms with Gasteiger partial charge in [-0.1, -0.05) is 25.5 Å². The molecule has 0 heterocycles. The molecule has 116 valence electrons. The summed E-state index contributed by atoms with van der Waals surface area (Å²) < 4.78 is 0. The summed E-state index contributed by atoms with van der Waals surface area (Å²) >= 11 is 0. The fourth-order valence-corrected chi connectivity index (χ4v) is 1.87. The first-order valence-corrected chi connectivity index (χ1v) is 7.04. The highest BCUT2D eigenvalue weighted by Gasteiger charge is 2.12. The summed E-state index contributed by atoms with van der Waals surface area (Å²) in [6, 6.07) is 6.43. The van der Waals surface area contributed by atoms with E-state index in [2.05, 4.69) is 5.32 Å². The predicted molar refractivity (Wildman–Crippen MR) is 80.4 cm³/mol. The normalized spacial score (nSPS) is 10.2. The zero-order valence-electron chi connectivity index (χ0n) is 12.2. The summed E-state index contributed by atoms with van der Waals surface area (Å²) in [7, 11) is 0. The van der Waals surface area contributed by atoms with E-state index < -0.39 is 5.97 Å². The van der Waals surface area contributed by atoms with Crippen LogP contribution in [0.5, 0.6) is 0 Å². The largest absolute Gasteiger partial charge is 0.481 e. The van der Waals surface area contributed by atoms with Gasteiger partial charge in [0.2, 0.25) is 0 Å². The van der Waals surface area contributed by atoms with Crippen LogP contribution in [0.25, 0.3) is 0 Å². The number of nitrogens with zero attached hydrogens (tertiary/aromatic N) is 1. The number of urea groups is 1. The molecule has 2 amide bonds. The minimum atomic E-state index is -0.888. The highest BCUT2D eigenvalue weighted by molar-refractivity contribution is 5.89. The Balaban J connectivity index is 2.60. The van der Waals surface area contributed by atoms with Crippen molar-refractivity contribution in [1.82, 2.24) is 4.90 Å². The molecule has 1 aromatic rings. The van der Waals surface area contributed by atoms with Crippen LogP contribution in [0.4, 0.5) is 10.5 Å². The molecule has 0 unspecified atom stereocenters. The average Bonchev–Trinajstić information content (AvgIpc) is 2.45. The molecule has 0 fully saturated rings. The number of benzene rings is 1. The number of aliphatic hydroxyl groups is 1. The quantitative estimate of drug-likeness (QED) is 0.683. The van der Waals surface area contributed by atoms with E-state index in [1.54, 1.807) is 29.2 Å². The van der Waals surface area contributed by atoms with Crippen LogP contribution in [0, 0.1) is 0 Å². The van der Waals surface area contributed by atoms with Crippen LogP contribution in [0.3, 0.4) is 0 Å². The van der Waals surface area contributed by atoms with Gasteiger partial charge in [0.05, 0.1) is 13.0 Å². The first kappa shape index (κ1) is 17.0. The zero-order valence-corrected chi connectivity index (χ0v) is 12.2. The highest BCUT2D eigenvalue weighted by Crippen LogP contribution is 2.11. The summed E-state index contributed by atoms with van der Waals surface area (Å²) in [6.07, 6.45) is 1.81. The lowest BCUT2D eigenvalue weighted by molar-refractivity contribution is -0.136. The number of hydrogen-bond donors (Lipinski definition) is 3. The van der Waals surface area contributed by atoms with Crippen LogP contribution in [0.2, 0.25) is 0 Å². The number of carboxylic acid groups (broad SMARTS) is 1. The molecule has 3 N–H and O–H groups in total. The van der Waals surface area contributed by atoms with E-state index in [1.165, 1.54) is 0 Å². The van der Waals surface area contributed by atoms with Gasteiger partial charge in [-0.05, 0) is 24.1 Å². The maximum Gasteiger partial charge on any atom is 0.321 e. The number of aliphatic carboxylic acids is 1. The maximum absolute atomic E-state index is 12.1. The van der Waals surface area contributed by atoms with Crippen molar-refractivity contribution in [3.05, 3.63) is 29.8 Å². The van der Waals surface area contributed by atoms with Crippen LogP contribution in [0.15, 0.2) is 24.3 Å². The van der Waals surface area contributed by atoms with E-state index in [9.17, 15) is 9.59 Å². The molecule has 0 aliphatic rings. The Bertz CT molecular complexity index is 459. The molecule has 0 aliphatic carbocycles. The number of carbonyl (C=O) groups is 2. The third-order valence-corrected chi connectivity index (χ3v) is 3.00. The van der Waals surface area contributed by atoms with E-state index in [4.69, 9.17) is 10.2 Å². The molecular formula is C15H22N2O4. The van der Waals surface area contributed by atoms with E-state index in [-0.39, 0.29) is 19.1 Å². The Morgan fingerprint density at radius 3 is 2.38 bits per heavy atom. The van der Waals surface area contributed by atoms with Crippen molar-refractivity contribution in [2.24, 2.45) is 0 Å². The zero-order chi connectivity index (χ0) is 15.7. The van der Waals surface area contributed by atoms with Gasteiger partial charge in [-0.2, -0.15) is 0 Å². The summed E-state index contributed by atoms with van der Waals surface area (Å²) in [6.45, 7) is 2.85. The van der Waals surface area contributed by atoms with Gasteiger partial charge in [-0.25, -0.2) is 4.79 Å².